The molecular weight excluding hydrogens is 275 g/mol. The Morgan fingerprint density at radius 1 is 1.10 bits per heavy atom. The fraction of sp³-hybridized carbons (Fsp3) is 0.0714. The highest BCUT2D eigenvalue weighted by Gasteiger charge is 2.05. The van der Waals surface area contributed by atoms with Gasteiger partial charge in [-0.3, -0.25) is 0 Å². The van der Waals surface area contributed by atoms with Crippen molar-refractivity contribution in [2.24, 2.45) is 0 Å². The average Bonchev–Trinajstić information content (AvgIpc) is 2.96. The van der Waals surface area contributed by atoms with Crippen molar-refractivity contribution in [1.29, 1.82) is 0 Å². The number of anilines is 1. The van der Waals surface area contributed by atoms with Crippen molar-refractivity contribution in [3.8, 4) is 10.6 Å². The highest BCUT2D eigenvalue weighted by atomic mass is 32.1. The van der Waals surface area contributed by atoms with Gasteiger partial charge in [0.2, 0.25) is 0 Å². The van der Waals surface area contributed by atoms with Crippen molar-refractivity contribution in [1.82, 2.24) is 15.0 Å². The Balaban J connectivity index is 1.69. The maximum Gasteiger partial charge on any atom is 0.123 e. The van der Waals surface area contributed by atoms with Crippen LogP contribution < -0.4 is 5.32 Å². The van der Waals surface area contributed by atoms with Crippen molar-refractivity contribution in [3.05, 3.63) is 59.9 Å². The van der Waals surface area contributed by atoms with Crippen molar-refractivity contribution in [3.63, 3.8) is 0 Å². The van der Waals surface area contributed by atoms with Crippen LogP contribution in [-0.2, 0) is 6.54 Å². The van der Waals surface area contributed by atoms with Gasteiger partial charge in [-0.25, -0.2) is 19.3 Å². The molecule has 0 aliphatic rings. The summed E-state index contributed by atoms with van der Waals surface area (Å²) in [5.74, 6) is -0.240. The lowest BCUT2D eigenvalue weighted by molar-refractivity contribution is 0.628. The summed E-state index contributed by atoms with van der Waals surface area (Å²) in [5, 5.41) is 6.06. The Bertz CT molecular complexity index is 682. The molecule has 0 saturated carbocycles. The largest absolute Gasteiger partial charge is 0.377 e. The topological polar surface area (TPSA) is 50.7 Å². The van der Waals surface area contributed by atoms with E-state index in [0.29, 0.717) is 6.54 Å². The molecule has 20 heavy (non-hydrogen) atoms. The summed E-state index contributed by atoms with van der Waals surface area (Å²) in [4.78, 5) is 12.4. The van der Waals surface area contributed by atoms with Gasteiger partial charge in [0, 0.05) is 10.9 Å². The van der Waals surface area contributed by atoms with E-state index in [9.17, 15) is 4.39 Å². The summed E-state index contributed by atoms with van der Waals surface area (Å²) in [6, 6.07) is 6.35. The Hall–Kier alpha value is -2.34. The molecule has 0 fully saturated rings. The second kappa shape index (κ2) is 5.75. The summed E-state index contributed by atoms with van der Waals surface area (Å²) in [7, 11) is 0. The van der Waals surface area contributed by atoms with Crippen LogP contribution in [0.2, 0.25) is 0 Å². The number of nitrogens with one attached hydrogen (secondary N) is 1. The first kappa shape index (κ1) is 12.7. The number of halogens is 1. The Labute approximate surface area is 119 Å². The second-order valence-electron chi connectivity index (χ2n) is 4.13. The smallest absolute Gasteiger partial charge is 0.123 e. The quantitative estimate of drug-likeness (QED) is 0.799. The van der Waals surface area contributed by atoms with Gasteiger partial charge in [-0.2, -0.15) is 0 Å². The first-order chi connectivity index (χ1) is 9.81. The minimum Gasteiger partial charge on any atom is -0.377 e. The van der Waals surface area contributed by atoms with Gasteiger partial charge in [0.05, 0.1) is 30.3 Å². The van der Waals surface area contributed by atoms with Gasteiger partial charge in [-0.15, -0.1) is 11.3 Å². The molecule has 100 valence electrons. The average molecular weight is 286 g/mol. The zero-order valence-electron chi connectivity index (χ0n) is 10.5. The maximum absolute atomic E-state index is 12.9. The third kappa shape index (κ3) is 2.97. The van der Waals surface area contributed by atoms with Crippen LogP contribution in [-0.4, -0.2) is 15.0 Å². The number of rotatable bonds is 4. The third-order valence-electron chi connectivity index (χ3n) is 2.68. The molecular formula is C14H11FN4S. The third-order valence-corrected chi connectivity index (χ3v) is 3.62. The summed E-state index contributed by atoms with van der Waals surface area (Å²) in [6.07, 6.45) is 4.90. The highest BCUT2D eigenvalue weighted by molar-refractivity contribution is 7.13. The van der Waals surface area contributed by atoms with Crippen molar-refractivity contribution < 1.29 is 4.39 Å². The SMILES string of the molecule is Fc1ccc(-c2nc(CNc3cncnc3)cs2)cc1. The molecule has 6 heteroatoms. The number of nitrogens with zero attached hydrogens (tertiary/aromatic N) is 3. The molecule has 2 heterocycles. The van der Waals surface area contributed by atoms with Gasteiger partial charge in [-0.1, -0.05) is 0 Å². The molecule has 0 saturated heterocycles. The molecule has 0 radical (unpaired) electrons. The molecule has 3 aromatic rings. The van der Waals surface area contributed by atoms with E-state index >= 15 is 0 Å². The number of thiazole rings is 1. The lowest BCUT2D eigenvalue weighted by Gasteiger charge is -2.02. The van der Waals surface area contributed by atoms with E-state index in [0.717, 1.165) is 22.0 Å². The van der Waals surface area contributed by atoms with E-state index < -0.39 is 0 Å². The van der Waals surface area contributed by atoms with Crippen LogP contribution in [0, 0.1) is 5.82 Å². The van der Waals surface area contributed by atoms with E-state index in [4.69, 9.17) is 0 Å². The first-order valence-electron chi connectivity index (χ1n) is 6.00. The van der Waals surface area contributed by atoms with Gasteiger partial charge in [-0.05, 0) is 24.3 Å². The monoisotopic (exact) mass is 286 g/mol. The number of aromatic nitrogens is 3. The molecule has 4 nitrogen and oxygen atoms in total. The summed E-state index contributed by atoms with van der Waals surface area (Å²) in [5.41, 5.74) is 2.70. The van der Waals surface area contributed by atoms with E-state index in [2.05, 4.69) is 20.3 Å². The molecule has 0 amide bonds. The van der Waals surface area contributed by atoms with Gasteiger partial charge >= 0.3 is 0 Å². The van der Waals surface area contributed by atoms with Gasteiger partial charge in [0.25, 0.3) is 0 Å². The van der Waals surface area contributed by atoms with Crippen molar-refractivity contribution >= 4 is 17.0 Å². The number of hydrogen-bond acceptors (Lipinski definition) is 5. The summed E-state index contributed by atoms with van der Waals surface area (Å²) >= 11 is 1.54. The van der Waals surface area contributed by atoms with Crippen LogP contribution in [0.3, 0.4) is 0 Å². The Kier molecular flexibility index (Phi) is 3.64. The second-order valence-corrected chi connectivity index (χ2v) is 4.99. The molecule has 0 unspecified atom stereocenters. The van der Waals surface area contributed by atoms with Crippen LogP contribution in [0.4, 0.5) is 10.1 Å². The predicted molar refractivity (Wildman–Crippen MR) is 76.9 cm³/mol. The summed E-state index contributed by atoms with van der Waals surface area (Å²) < 4.78 is 12.9. The Morgan fingerprint density at radius 2 is 1.85 bits per heavy atom. The molecule has 2 aromatic heterocycles. The summed E-state index contributed by atoms with van der Waals surface area (Å²) in [6.45, 7) is 0.602. The fourth-order valence-electron chi connectivity index (χ4n) is 1.70. The lowest BCUT2D eigenvalue weighted by atomic mass is 10.2. The number of hydrogen-bond donors (Lipinski definition) is 1. The van der Waals surface area contributed by atoms with Crippen molar-refractivity contribution in [2.45, 2.75) is 6.54 Å². The van der Waals surface area contributed by atoms with Crippen LogP contribution >= 0.6 is 11.3 Å². The van der Waals surface area contributed by atoms with E-state index in [1.54, 1.807) is 24.5 Å². The zero-order valence-corrected chi connectivity index (χ0v) is 11.3. The standard InChI is InChI=1S/C14H11FN4S/c15-11-3-1-10(2-4-11)14-19-13(8-20-14)7-18-12-5-16-9-17-6-12/h1-6,8-9,18H,7H2. The van der Waals surface area contributed by atoms with E-state index in [-0.39, 0.29) is 5.82 Å². The molecule has 0 aliphatic carbocycles. The van der Waals surface area contributed by atoms with Gasteiger partial charge in [0.15, 0.2) is 0 Å². The van der Waals surface area contributed by atoms with E-state index in [1.165, 1.54) is 29.8 Å². The highest BCUT2D eigenvalue weighted by Crippen LogP contribution is 2.24. The normalized spacial score (nSPS) is 10.4. The molecule has 0 atom stereocenters. The molecule has 3 rings (SSSR count). The fourth-order valence-corrected chi connectivity index (χ4v) is 2.52. The zero-order chi connectivity index (χ0) is 13.8. The van der Waals surface area contributed by atoms with Crippen LogP contribution in [0.25, 0.3) is 10.6 Å². The molecule has 0 bridgehead atoms. The van der Waals surface area contributed by atoms with Crippen molar-refractivity contribution in [2.75, 3.05) is 5.32 Å². The van der Waals surface area contributed by atoms with Gasteiger partial charge in [0.1, 0.15) is 17.2 Å². The Morgan fingerprint density at radius 3 is 2.60 bits per heavy atom. The van der Waals surface area contributed by atoms with Crippen LogP contribution in [0.1, 0.15) is 5.69 Å². The first-order valence-corrected chi connectivity index (χ1v) is 6.88. The molecule has 1 N–H and O–H groups in total. The molecule has 0 aliphatic heterocycles. The van der Waals surface area contributed by atoms with Crippen LogP contribution in [0.15, 0.2) is 48.4 Å². The van der Waals surface area contributed by atoms with E-state index in [1.807, 2.05) is 5.38 Å². The lowest BCUT2D eigenvalue weighted by Crippen LogP contribution is -2.00. The minimum absolute atomic E-state index is 0.240. The molecule has 0 spiro atoms. The predicted octanol–water partition coefficient (Wildman–Crippen LogP) is 3.35. The van der Waals surface area contributed by atoms with Crippen LogP contribution in [0.5, 0.6) is 0 Å². The molecule has 1 aromatic carbocycles. The minimum atomic E-state index is -0.240. The maximum atomic E-state index is 12.9. The van der Waals surface area contributed by atoms with Gasteiger partial charge < -0.3 is 5.32 Å². The number of benzene rings is 1.